The van der Waals surface area contributed by atoms with Crippen LogP contribution in [0.4, 0.5) is 0 Å². The van der Waals surface area contributed by atoms with Gasteiger partial charge in [0.25, 0.3) is 0 Å². The molecule has 0 atom stereocenters. The molecule has 1 aromatic heterocycles. The summed E-state index contributed by atoms with van der Waals surface area (Å²) in [5.74, 6) is 2.60. The zero-order valence-corrected chi connectivity index (χ0v) is 20.0. The molecule has 0 spiro atoms. The van der Waals surface area contributed by atoms with Gasteiger partial charge in [0, 0.05) is 36.5 Å². The maximum atomic E-state index is 12.5. The maximum Gasteiger partial charge on any atom is 0.222 e. The van der Waals surface area contributed by atoms with Crippen molar-refractivity contribution in [1.82, 2.24) is 19.7 Å². The first-order chi connectivity index (χ1) is 15.7. The normalized spacial score (nSPS) is 10.8. The number of thioether (sulfide) groups is 1. The number of hydrogen-bond acceptors (Lipinski definition) is 5. The van der Waals surface area contributed by atoms with Gasteiger partial charge in [0.05, 0.1) is 7.11 Å². The summed E-state index contributed by atoms with van der Waals surface area (Å²) in [4.78, 5) is 14.5. The van der Waals surface area contributed by atoms with Crippen LogP contribution in [-0.4, -0.2) is 51.5 Å². The third kappa shape index (κ3) is 6.13. The van der Waals surface area contributed by atoms with E-state index in [2.05, 4.69) is 28.6 Å². The number of aromatic nitrogens is 3. The highest BCUT2D eigenvalue weighted by molar-refractivity contribution is 7.99. The lowest BCUT2D eigenvalue weighted by atomic mass is 10.2. The second kappa shape index (κ2) is 12.3. The number of para-hydroxylation sites is 1. The van der Waals surface area contributed by atoms with E-state index in [1.54, 1.807) is 18.9 Å². The second-order valence-electron chi connectivity index (χ2n) is 7.54. The topological polar surface area (TPSA) is 60.3 Å². The van der Waals surface area contributed by atoms with Gasteiger partial charge >= 0.3 is 0 Å². The molecule has 32 heavy (non-hydrogen) atoms. The number of nitrogens with zero attached hydrogens (tertiary/aromatic N) is 4. The molecule has 1 heterocycles. The van der Waals surface area contributed by atoms with Crippen molar-refractivity contribution in [1.29, 1.82) is 0 Å². The van der Waals surface area contributed by atoms with Crippen LogP contribution < -0.4 is 4.74 Å². The van der Waals surface area contributed by atoms with E-state index in [-0.39, 0.29) is 5.91 Å². The Morgan fingerprint density at radius 1 is 1.03 bits per heavy atom. The Bertz CT molecular complexity index is 985. The predicted octanol–water partition coefficient (Wildman–Crippen LogP) is 5.46. The Hall–Kier alpha value is -2.80. The highest BCUT2D eigenvalue weighted by atomic mass is 32.2. The molecule has 170 valence electrons. The summed E-state index contributed by atoms with van der Waals surface area (Å²) in [7, 11) is 1.66. The molecule has 0 aliphatic heterocycles. The molecule has 6 nitrogen and oxygen atoms in total. The van der Waals surface area contributed by atoms with Crippen LogP contribution in [0.1, 0.15) is 39.5 Å². The summed E-state index contributed by atoms with van der Waals surface area (Å²) in [6.45, 7) is 5.91. The molecule has 1 amide bonds. The molecule has 0 aliphatic carbocycles. The number of ether oxygens (including phenoxy) is 1. The number of methoxy groups -OCH3 is 1. The van der Waals surface area contributed by atoms with Crippen LogP contribution in [0.2, 0.25) is 0 Å². The standard InChI is InChI=1S/C25H32N4O2S/c1-4-16-28(17-5-2)23(30)15-10-18-32-25-27-26-24(20-11-9-14-22(19-20)31-3)29(25)21-12-7-6-8-13-21/h6-9,11-14,19H,4-5,10,15-18H2,1-3H3. The van der Waals surface area contributed by atoms with E-state index in [1.165, 1.54) is 0 Å². The molecule has 0 saturated carbocycles. The Balaban J connectivity index is 1.74. The zero-order chi connectivity index (χ0) is 22.8. The van der Waals surface area contributed by atoms with Crippen LogP contribution in [0.5, 0.6) is 5.75 Å². The predicted molar refractivity (Wildman–Crippen MR) is 130 cm³/mol. The second-order valence-corrected chi connectivity index (χ2v) is 8.60. The Labute approximate surface area is 195 Å². The van der Waals surface area contributed by atoms with Crippen LogP contribution in [0.15, 0.2) is 59.8 Å². The van der Waals surface area contributed by atoms with Crippen molar-refractivity contribution >= 4 is 17.7 Å². The van der Waals surface area contributed by atoms with Crippen LogP contribution in [0.3, 0.4) is 0 Å². The first-order valence-electron chi connectivity index (χ1n) is 11.2. The molecule has 3 aromatic rings. The molecular formula is C25H32N4O2S. The molecular weight excluding hydrogens is 420 g/mol. The van der Waals surface area contributed by atoms with Gasteiger partial charge in [-0.25, -0.2) is 0 Å². The molecule has 0 unspecified atom stereocenters. The van der Waals surface area contributed by atoms with E-state index in [1.807, 2.05) is 59.5 Å². The summed E-state index contributed by atoms with van der Waals surface area (Å²) < 4.78 is 7.46. The fraction of sp³-hybridized carbons (Fsp3) is 0.400. The first kappa shape index (κ1) is 23.9. The number of carbonyl (C=O) groups excluding carboxylic acids is 1. The van der Waals surface area contributed by atoms with Crippen molar-refractivity contribution < 1.29 is 9.53 Å². The lowest BCUT2D eigenvalue weighted by molar-refractivity contribution is -0.131. The SMILES string of the molecule is CCCN(CCC)C(=O)CCCSc1nnc(-c2cccc(OC)c2)n1-c1ccccc1. The molecule has 7 heteroatoms. The van der Waals surface area contributed by atoms with Gasteiger partial charge in [-0.15, -0.1) is 10.2 Å². The summed E-state index contributed by atoms with van der Waals surface area (Å²) in [5, 5.41) is 9.79. The van der Waals surface area contributed by atoms with Gasteiger partial charge in [0.2, 0.25) is 5.91 Å². The average Bonchev–Trinajstić information content (AvgIpc) is 3.26. The van der Waals surface area contributed by atoms with E-state index in [4.69, 9.17) is 4.74 Å². The van der Waals surface area contributed by atoms with Gasteiger partial charge in [-0.3, -0.25) is 9.36 Å². The number of benzene rings is 2. The van der Waals surface area contributed by atoms with Gasteiger partial charge in [-0.05, 0) is 43.5 Å². The lowest BCUT2D eigenvalue weighted by Gasteiger charge is -2.21. The summed E-state index contributed by atoms with van der Waals surface area (Å²) in [6.07, 6.45) is 3.36. The van der Waals surface area contributed by atoms with Crippen molar-refractivity contribution in [2.75, 3.05) is 26.0 Å². The molecule has 0 saturated heterocycles. The summed E-state index contributed by atoms with van der Waals surface area (Å²) in [6, 6.07) is 18.0. The quantitative estimate of drug-likeness (QED) is 0.270. The van der Waals surface area contributed by atoms with Crippen LogP contribution in [0.25, 0.3) is 17.1 Å². The number of hydrogen-bond donors (Lipinski definition) is 0. The Morgan fingerprint density at radius 3 is 2.47 bits per heavy atom. The smallest absolute Gasteiger partial charge is 0.222 e. The molecule has 0 fully saturated rings. The molecule has 0 bridgehead atoms. The van der Waals surface area contributed by atoms with E-state index >= 15 is 0 Å². The van der Waals surface area contributed by atoms with Crippen LogP contribution in [-0.2, 0) is 4.79 Å². The van der Waals surface area contributed by atoms with Crippen molar-refractivity contribution in [3.05, 3.63) is 54.6 Å². The fourth-order valence-corrected chi connectivity index (χ4v) is 4.46. The van der Waals surface area contributed by atoms with Crippen molar-refractivity contribution in [2.45, 2.75) is 44.7 Å². The minimum absolute atomic E-state index is 0.246. The van der Waals surface area contributed by atoms with E-state index in [0.29, 0.717) is 6.42 Å². The van der Waals surface area contributed by atoms with Gasteiger partial charge in [0.1, 0.15) is 5.75 Å². The van der Waals surface area contributed by atoms with Gasteiger partial charge in [-0.2, -0.15) is 0 Å². The van der Waals surface area contributed by atoms with E-state index in [9.17, 15) is 4.79 Å². The van der Waals surface area contributed by atoms with E-state index < -0.39 is 0 Å². The summed E-state index contributed by atoms with van der Waals surface area (Å²) >= 11 is 1.64. The number of carbonyl (C=O) groups is 1. The number of amides is 1. The third-order valence-corrected chi connectivity index (χ3v) is 6.10. The number of rotatable bonds is 12. The average molecular weight is 453 g/mol. The maximum absolute atomic E-state index is 12.5. The van der Waals surface area contributed by atoms with Gasteiger partial charge < -0.3 is 9.64 Å². The van der Waals surface area contributed by atoms with Gasteiger partial charge in [-0.1, -0.05) is 55.9 Å². The lowest BCUT2D eigenvalue weighted by Crippen LogP contribution is -2.32. The minimum atomic E-state index is 0.246. The summed E-state index contributed by atoms with van der Waals surface area (Å²) in [5.41, 5.74) is 1.95. The molecule has 0 radical (unpaired) electrons. The van der Waals surface area contributed by atoms with Crippen molar-refractivity contribution in [2.24, 2.45) is 0 Å². The zero-order valence-electron chi connectivity index (χ0n) is 19.2. The van der Waals surface area contributed by atoms with Crippen LogP contribution >= 0.6 is 11.8 Å². The molecule has 0 aliphatic rings. The highest BCUT2D eigenvalue weighted by Gasteiger charge is 2.17. The van der Waals surface area contributed by atoms with Crippen molar-refractivity contribution in [3.63, 3.8) is 0 Å². The highest BCUT2D eigenvalue weighted by Crippen LogP contribution is 2.30. The molecule has 0 N–H and O–H groups in total. The largest absolute Gasteiger partial charge is 0.497 e. The molecule has 3 rings (SSSR count). The third-order valence-electron chi connectivity index (χ3n) is 5.08. The van der Waals surface area contributed by atoms with Crippen molar-refractivity contribution in [3.8, 4) is 22.8 Å². The first-order valence-corrected chi connectivity index (χ1v) is 12.2. The monoisotopic (exact) mass is 452 g/mol. The molecule has 2 aromatic carbocycles. The fourth-order valence-electron chi connectivity index (χ4n) is 3.57. The van der Waals surface area contributed by atoms with E-state index in [0.717, 1.165) is 66.1 Å². The van der Waals surface area contributed by atoms with Crippen LogP contribution in [0, 0.1) is 0 Å². The Morgan fingerprint density at radius 2 is 1.78 bits per heavy atom. The van der Waals surface area contributed by atoms with Gasteiger partial charge in [0.15, 0.2) is 11.0 Å². The minimum Gasteiger partial charge on any atom is -0.497 e. The Kier molecular flexibility index (Phi) is 9.16.